The van der Waals surface area contributed by atoms with Crippen LogP contribution in [0.25, 0.3) is 24.3 Å². The second kappa shape index (κ2) is 10.8. The second-order valence-corrected chi connectivity index (χ2v) is 8.23. The van der Waals surface area contributed by atoms with Gasteiger partial charge in [0.25, 0.3) is 0 Å². The molecule has 0 fully saturated rings. The van der Waals surface area contributed by atoms with E-state index in [1.165, 1.54) is 0 Å². The van der Waals surface area contributed by atoms with Gasteiger partial charge in [-0.05, 0) is 81.3 Å². The van der Waals surface area contributed by atoms with Crippen molar-refractivity contribution < 1.29 is 9.47 Å². The highest BCUT2D eigenvalue weighted by atomic mass is 16.5. The topological polar surface area (TPSA) is 96.3 Å². The molecule has 170 valence electrons. The van der Waals surface area contributed by atoms with Gasteiger partial charge in [-0.3, -0.25) is 0 Å². The molecule has 0 aliphatic heterocycles. The molecule has 0 radical (unpaired) electrons. The monoisotopic (exact) mass is 434 g/mol. The van der Waals surface area contributed by atoms with Crippen LogP contribution in [0, 0.1) is 0 Å². The number of aromatic nitrogens is 2. The Morgan fingerprint density at radius 3 is 2.47 bits per heavy atom. The van der Waals surface area contributed by atoms with E-state index in [4.69, 9.17) is 20.9 Å². The highest BCUT2D eigenvalue weighted by Crippen LogP contribution is 2.20. The van der Waals surface area contributed by atoms with E-state index in [2.05, 4.69) is 23.1 Å². The maximum atomic E-state index is 6.08. The van der Waals surface area contributed by atoms with Crippen LogP contribution in [0.15, 0.2) is 48.8 Å². The Balaban J connectivity index is 2.07. The van der Waals surface area contributed by atoms with Gasteiger partial charge in [0.05, 0.1) is 23.8 Å². The molecule has 6 heteroatoms. The summed E-state index contributed by atoms with van der Waals surface area (Å²) in [4.78, 5) is 8.75. The Hall–Kier alpha value is -3.38. The zero-order chi connectivity index (χ0) is 23.9. The normalized spacial score (nSPS) is 14.3. The quantitative estimate of drug-likeness (QED) is 0.585. The van der Waals surface area contributed by atoms with Gasteiger partial charge >= 0.3 is 0 Å². The van der Waals surface area contributed by atoms with E-state index in [0.29, 0.717) is 29.4 Å². The van der Waals surface area contributed by atoms with Gasteiger partial charge in [-0.2, -0.15) is 0 Å². The van der Waals surface area contributed by atoms with Gasteiger partial charge in [-0.15, -0.1) is 0 Å². The van der Waals surface area contributed by atoms with Gasteiger partial charge in [0.2, 0.25) is 0 Å². The van der Waals surface area contributed by atoms with E-state index in [9.17, 15) is 0 Å². The zero-order valence-corrected chi connectivity index (χ0v) is 19.7. The molecule has 0 amide bonds. The number of anilines is 2. The Morgan fingerprint density at radius 2 is 1.81 bits per heavy atom. The summed E-state index contributed by atoms with van der Waals surface area (Å²) >= 11 is 0. The molecule has 2 aromatic rings. The summed E-state index contributed by atoms with van der Waals surface area (Å²) in [6, 6.07) is 7.34. The molecule has 1 unspecified atom stereocenters. The zero-order valence-electron chi connectivity index (χ0n) is 19.7. The van der Waals surface area contributed by atoms with Crippen molar-refractivity contribution in [1.29, 1.82) is 0 Å². The molecule has 6 nitrogen and oxygen atoms in total. The largest absolute Gasteiger partial charge is 0.486 e. The molecule has 2 rings (SSSR count). The van der Waals surface area contributed by atoms with Gasteiger partial charge in [-0.1, -0.05) is 25.3 Å². The molecule has 2 heterocycles. The van der Waals surface area contributed by atoms with Gasteiger partial charge in [0.1, 0.15) is 23.0 Å². The predicted molar refractivity (Wildman–Crippen MR) is 135 cm³/mol. The van der Waals surface area contributed by atoms with Crippen LogP contribution >= 0.6 is 0 Å². The molecule has 0 aliphatic carbocycles. The number of hydrogen-bond acceptors (Lipinski definition) is 6. The molecular formula is C26H34N4O2. The highest BCUT2D eigenvalue weighted by molar-refractivity contribution is 5.64. The number of nitrogen functional groups attached to an aromatic ring is 2. The molecular weight excluding hydrogens is 400 g/mol. The lowest BCUT2D eigenvalue weighted by Gasteiger charge is -2.28. The van der Waals surface area contributed by atoms with Crippen molar-refractivity contribution in [2.24, 2.45) is 0 Å². The van der Waals surface area contributed by atoms with Gasteiger partial charge in [0, 0.05) is 6.08 Å². The van der Waals surface area contributed by atoms with Crippen LogP contribution in [0.2, 0.25) is 0 Å². The van der Waals surface area contributed by atoms with E-state index >= 15 is 0 Å². The summed E-state index contributed by atoms with van der Waals surface area (Å²) in [5.41, 5.74) is 13.8. The fourth-order valence-corrected chi connectivity index (χ4v) is 3.01. The van der Waals surface area contributed by atoms with E-state index in [1.807, 2.05) is 58.9 Å². The third-order valence-corrected chi connectivity index (χ3v) is 4.88. The van der Waals surface area contributed by atoms with Crippen LogP contribution in [0.5, 0.6) is 0 Å². The molecule has 1 atom stereocenters. The smallest absolute Gasteiger partial charge is 0.127 e. The molecule has 0 spiro atoms. The predicted octanol–water partition coefficient (Wildman–Crippen LogP) is 3.68. The van der Waals surface area contributed by atoms with Crippen LogP contribution in [0.1, 0.15) is 45.9 Å². The fraction of sp³-hybridized carbons (Fsp3) is 0.308. The summed E-state index contributed by atoms with van der Waals surface area (Å²) in [6.45, 7) is 18.0. The van der Waals surface area contributed by atoms with Gasteiger partial charge in [-0.25, -0.2) is 9.97 Å². The van der Waals surface area contributed by atoms with Crippen LogP contribution in [-0.4, -0.2) is 28.3 Å². The maximum absolute atomic E-state index is 6.08. The Kier molecular flexibility index (Phi) is 8.38. The van der Waals surface area contributed by atoms with Crippen molar-refractivity contribution in [3.8, 4) is 0 Å². The molecule has 4 N–H and O–H groups in total. The summed E-state index contributed by atoms with van der Waals surface area (Å²) < 4.78 is 12.1. The van der Waals surface area contributed by atoms with Crippen molar-refractivity contribution >= 4 is 35.9 Å². The minimum atomic E-state index is -0.597. The lowest BCUT2D eigenvalue weighted by atomic mass is 10.1. The number of nitrogens with zero attached hydrogens (tertiary/aromatic N) is 2. The van der Waals surface area contributed by atoms with Crippen molar-refractivity contribution in [3.63, 3.8) is 0 Å². The maximum Gasteiger partial charge on any atom is 0.127 e. The molecule has 0 bridgehead atoms. The molecule has 0 saturated heterocycles. The first-order valence-electron chi connectivity index (χ1n) is 10.5. The molecule has 0 saturated carbocycles. The third kappa shape index (κ3) is 7.10. The van der Waals surface area contributed by atoms with Crippen molar-refractivity contribution in [3.05, 3.63) is 70.6 Å². The molecule has 0 aromatic carbocycles. The van der Waals surface area contributed by atoms with Crippen molar-refractivity contribution in [2.45, 2.75) is 46.3 Å². The van der Waals surface area contributed by atoms with E-state index in [0.717, 1.165) is 22.0 Å². The van der Waals surface area contributed by atoms with Crippen molar-refractivity contribution in [2.75, 3.05) is 18.1 Å². The van der Waals surface area contributed by atoms with Crippen LogP contribution in [0.3, 0.4) is 0 Å². The van der Waals surface area contributed by atoms with Gasteiger partial charge < -0.3 is 20.9 Å². The third-order valence-electron chi connectivity index (χ3n) is 4.88. The summed E-state index contributed by atoms with van der Waals surface area (Å²) in [6.07, 6.45) is 7.32. The number of nitrogens with two attached hydrogens (primary N) is 2. The van der Waals surface area contributed by atoms with Crippen LogP contribution in [0.4, 0.5) is 11.6 Å². The number of allylic oxidation sites excluding steroid dienone is 1. The Morgan fingerprint density at radius 1 is 1.16 bits per heavy atom. The highest BCUT2D eigenvalue weighted by Gasteiger charge is 2.22. The fourth-order valence-electron chi connectivity index (χ4n) is 3.01. The number of rotatable bonds is 9. The second-order valence-electron chi connectivity index (χ2n) is 8.23. The van der Waals surface area contributed by atoms with Crippen molar-refractivity contribution in [1.82, 2.24) is 9.97 Å². The first kappa shape index (κ1) is 24.9. The van der Waals surface area contributed by atoms with Crippen LogP contribution < -0.4 is 22.0 Å². The first-order valence-corrected chi connectivity index (χ1v) is 10.5. The molecule has 32 heavy (non-hydrogen) atoms. The number of hydrogen-bond donors (Lipinski definition) is 2. The Labute approximate surface area is 190 Å². The molecule has 0 aliphatic rings. The lowest BCUT2D eigenvalue weighted by Crippen LogP contribution is -2.33. The first-order chi connectivity index (χ1) is 15.0. The summed E-state index contributed by atoms with van der Waals surface area (Å²) in [5.74, 6) is 1.40. The average molecular weight is 435 g/mol. The van der Waals surface area contributed by atoms with Gasteiger partial charge in [0.15, 0.2) is 0 Å². The van der Waals surface area contributed by atoms with E-state index < -0.39 is 5.60 Å². The lowest BCUT2D eigenvalue weighted by molar-refractivity contribution is -0.0512. The van der Waals surface area contributed by atoms with E-state index in [1.54, 1.807) is 24.3 Å². The minimum Gasteiger partial charge on any atom is -0.486 e. The number of pyridine rings is 2. The Bertz CT molecular complexity index is 1130. The summed E-state index contributed by atoms with van der Waals surface area (Å²) in [5, 5.41) is 1.68. The molecule has 2 aromatic heterocycles. The van der Waals surface area contributed by atoms with E-state index in [-0.39, 0.29) is 6.10 Å². The summed E-state index contributed by atoms with van der Waals surface area (Å²) in [7, 11) is 0. The average Bonchev–Trinajstić information content (AvgIpc) is 2.72. The SMILES string of the molecule is C=Cc1ccc(N)nc1/C=C(\C)C(C)OCC(C)(C)OC(=C)/C=c1/nc(N)cc/c1=C/C. The standard InChI is InChI=1S/C26H34N4O2/c1-8-20-10-12-24(27)29-22(20)14-17(3)19(5)31-16-26(6,7)32-18(4)15-23-21(9-2)11-13-25(28)30-23/h8-15,19H,1,4,16H2,2-3,5-7H3,(H2,27,29)(H2,28,30)/b17-14+,21-9-,23-15+. The van der Waals surface area contributed by atoms with Crippen LogP contribution in [-0.2, 0) is 9.47 Å². The minimum absolute atomic E-state index is 0.145. The number of ether oxygens (including phenoxy) is 2.